The molecule has 18 heavy (non-hydrogen) atoms. The molecule has 0 radical (unpaired) electrons. The van der Waals surface area contributed by atoms with Crippen LogP contribution in [-0.2, 0) is 0 Å². The standard InChI is InChI=1S/C12H12BrFN2S2/c13-9-6-17-5-8(9)11(16-15)7-18-12-4-2-1-3-10(12)14/h1-6,11,16H,7,15H2. The summed E-state index contributed by atoms with van der Waals surface area (Å²) in [5, 5.41) is 4.05. The van der Waals surface area contributed by atoms with Crippen molar-refractivity contribution in [2.75, 3.05) is 5.75 Å². The van der Waals surface area contributed by atoms with Crippen LogP contribution in [0.5, 0.6) is 0 Å². The summed E-state index contributed by atoms with van der Waals surface area (Å²) in [6, 6.07) is 6.75. The lowest BCUT2D eigenvalue weighted by Crippen LogP contribution is -2.29. The van der Waals surface area contributed by atoms with Crippen LogP contribution in [0.25, 0.3) is 0 Å². The third kappa shape index (κ3) is 3.33. The molecule has 0 aliphatic carbocycles. The maximum atomic E-state index is 13.5. The van der Waals surface area contributed by atoms with Gasteiger partial charge in [-0.25, -0.2) is 4.39 Å². The molecule has 96 valence electrons. The predicted molar refractivity (Wildman–Crippen MR) is 79.2 cm³/mol. The first-order chi connectivity index (χ1) is 8.72. The lowest BCUT2D eigenvalue weighted by atomic mass is 10.2. The molecule has 0 saturated carbocycles. The van der Waals surface area contributed by atoms with E-state index >= 15 is 0 Å². The highest BCUT2D eigenvalue weighted by Crippen LogP contribution is 2.31. The molecule has 1 unspecified atom stereocenters. The highest BCUT2D eigenvalue weighted by molar-refractivity contribution is 9.10. The van der Waals surface area contributed by atoms with E-state index in [9.17, 15) is 4.39 Å². The third-order valence-corrected chi connectivity index (χ3v) is 5.35. The summed E-state index contributed by atoms with van der Waals surface area (Å²) >= 11 is 6.54. The van der Waals surface area contributed by atoms with Gasteiger partial charge in [-0.3, -0.25) is 11.3 Å². The van der Waals surface area contributed by atoms with E-state index in [2.05, 4.69) is 21.4 Å². The Morgan fingerprint density at radius 2 is 2.17 bits per heavy atom. The fourth-order valence-electron chi connectivity index (χ4n) is 1.50. The Labute approximate surface area is 122 Å². The molecule has 0 aliphatic heterocycles. The Kier molecular flexibility index (Phi) is 5.20. The summed E-state index contributed by atoms with van der Waals surface area (Å²) in [7, 11) is 0. The number of nitrogens with two attached hydrogens (primary N) is 1. The highest BCUT2D eigenvalue weighted by Gasteiger charge is 2.15. The van der Waals surface area contributed by atoms with Crippen LogP contribution in [0.3, 0.4) is 0 Å². The molecule has 0 saturated heterocycles. The monoisotopic (exact) mass is 346 g/mol. The van der Waals surface area contributed by atoms with E-state index < -0.39 is 0 Å². The molecule has 0 aliphatic rings. The number of rotatable bonds is 5. The van der Waals surface area contributed by atoms with Gasteiger partial charge >= 0.3 is 0 Å². The zero-order valence-corrected chi connectivity index (χ0v) is 12.6. The lowest BCUT2D eigenvalue weighted by molar-refractivity contribution is 0.596. The average molecular weight is 347 g/mol. The number of nitrogens with one attached hydrogen (secondary N) is 1. The first-order valence-corrected chi connectivity index (χ1v) is 7.99. The zero-order chi connectivity index (χ0) is 13.0. The summed E-state index contributed by atoms with van der Waals surface area (Å²) in [4.78, 5) is 0.643. The lowest BCUT2D eigenvalue weighted by Gasteiger charge is -2.15. The van der Waals surface area contributed by atoms with Crippen molar-refractivity contribution >= 4 is 39.0 Å². The van der Waals surface area contributed by atoms with Gasteiger partial charge in [0.1, 0.15) is 5.82 Å². The summed E-state index contributed by atoms with van der Waals surface area (Å²) in [5.74, 6) is 6.04. The zero-order valence-electron chi connectivity index (χ0n) is 9.40. The second-order valence-corrected chi connectivity index (χ2v) is 6.30. The fourth-order valence-corrected chi connectivity index (χ4v) is 4.13. The van der Waals surface area contributed by atoms with Gasteiger partial charge < -0.3 is 0 Å². The average Bonchev–Trinajstić information content (AvgIpc) is 2.79. The molecule has 1 atom stereocenters. The Hall–Kier alpha value is -0.400. The van der Waals surface area contributed by atoms with Crippen molar-refractivity contribution < 1.29 is 4.39 Å². The number of thioether (sulfide) groups is 1. The van der Waals surface area contributed by atoms with E-state index in [-0.39, 0.29) is 11.9 Å². The van der Waals surface area contributed by atoms with Gasteiger partial charge in [0, 0.05) is 20.5 Å². The second-order valence-electron chi connectivity index (χ2n) is 3.64. The molecule has 0 bridgehead atoms. The Morgan fingerprint density at radius 1 is 1.39 bits per heavy atom. The molecule has 1 aromatic heterocycles. The molecule has 0 spiro atoms. The second kappa shape index (κ2) is 6.68. The van der Waals surface area contributed by atoms with E-state index in [1.54, 1.807) is 23.5 Å². The van der Waals surface area contributed by atoms with Crippen molar-refractivity contribution in [1.29, 1.82) is 0 Å². The first-order valence-electron chi connectivity index (χ1n) is 5.27. The number of benzene rings is 1. The number of halogens is 2. The summed E-state index contributed by atoms with van der Waals surface area (Å²) < 4.78 is 14.5. The molecule has 0 fully saturated rings. The SMILES string of the molecule is NNC(CSc1ccccc1F)c1cscc1Br. The van der Waals surface area contributed by atoms with Crippen LogP contribution in [0, 0.1) is 5.82 Å². The van der Waals surface area contributed by atoms with Crippen molar-refractivity contribution in [3.8, 4) is 0 Å². The molecule has 2 rings (SSSR count). The van der Waals surface area contributed by atoms with Crippen molar-refractivity contribution in [3.05, 3.63) is 50.9 Å². The molecule has 2 nitrogen and oxygen atoms in total. The molecule has 0 amide bonds. The van der Waals surface area contributed by atoms with Crippen LogP contribution in [-0.4, -0.2) is 5.75 Å². The van der Waals surface area contributed by atoms with Crippen LogP contribution >= 0.6 is 39.0 Å². The summed E-state index contributed by atoms with van der Waals surface area (Å²) in [6.07, 6.45) is 0. The number of thiophene rings is 1. The smallest absolute Gasteiger partial charge is 0.136 e. The van der Waals surface area contributed by atoms with E-state index in [4.69, 9.17) is 5.84 Å². The maximum Gasteiger partial charge on any atom is 0.136 e. The molecule has 1 aromatic carbocycles. The van der Waals surface area contributed by atoms with Crippen molar-refractivity contribution in [1.82, 2.24) is 5.43 Å². The molecule has 2 aromatic rings. The Morgan fingerprint density at radius 3 is 2.78 bits per heavy atom. The minimum Gasteiger partial charge on any atom is -0.271 e. The largest absolute Gasteiger partial charge is 0.271 e. The maximum absolute atomic E-state index is 13.5. The van der Waals surface area contributed by atoms with E-state index in [1.165, 1.54) is 17.8 Å². The highest BCUT2D eigenvalue weighted by atomic mass is 79.9. The fraction of sp³-hybridized carbons (Fsp3) is 0.167. The van der Waals surface area contributed by atoms with Crippen LogP contribution in [0.15, 0.2) is 44.4 Å². The molecular formula is C12H12BrFN2S2. The van der Waals surface area contributed by atoms with Gasteiger partial charge in [0.15, 0.2) is 0 Å². The quantitative estimate of drug-likeness (QED) is 0.489. The van der Waals surface area contributed by atoms with Gasteiger partial charge in [0.25, 0.3) is 0 Å². The minimum absolute atomic E-state index is 0.00442. The topological polar surface area (TPSA) is 38.0 Å². The Bertz CT molecular complexity index is 518. The van der Waals surface area contributed by atoms with Gasteiger partial charge in [0.05, 0.1) is 6.04 Å². The third-order valence-electron chi connectivity index (χ3n) is 2.46. The molecule has 3 N–H and O–H groups in total. The van der Waals surface area contributed by atoms with Gasteiger partial charge in [-0.05, 0) is 39.0 Å². The predicted octanol–water partition coefficient (Wildman–Crippen LogP) is 3.95. The van der Waals surface area contributed by atoms with E-state index in [0.717, 1.165) is 10.0 Å². The normalized spacial score (nSPS) is 12.6. The van der Waals surface area contributed by atoms with Gasteiger partial charge in [0.2, 0.25) is 0 Å². The number of hydrogen-bond donors (Lipinski definition) is 2. The van der Waals surface area contributed by atoms with Crippen molar-refractivity contribution in [2.45, 2.75) is 10.9 Å². The van der Waals surface area contributed by atoms with E-state index in [1.807, 2.05) is 16.8 Å². The summed E-state index contributed by atoms with van der Waals surface area (Å²) in [5.41, 5.74) is 3.87. The molecule has 1 heterocycles. The van der Waals surface area contributed by atoms with Crippen molar-refractivity contribution in [2.24, 2.45) is 5.84 Å². The number of hydrazine groups is 1. The first kappa shape index (κ1) is 14.0. The van der Waals surface area contributed by atoms with Crippen molar-refractivity contribution in [3.63, 3.8) is 0 Å². The van der Waals surface area contributed by atoms with Gasteiger partial charge in [-0.15, -0.1) is 11.8 Å². The van der Waals surface area contributed by atoms with Crippen LogP contribution in [0.2, 0.25) is 0 Å². The number of hydrogen-bond acceptors (Lipinski definition) is 4. The molecule has 6 heteroatoms. The Balaban J connectivity index is 2.05. The summed E-state index contributed by atoms with van der Waals surface area (Å²) in [6.45, 7) is 0. The van der Waals surface area contributed by atoms with Crippen LogP contribution in [0.1, 0.15) is 11.6 Å². The molecular weight excluding hydrogens is 335 g/mol. The van der Waals surface area contributed by atoms with Crippen LogP contribution < -0.4 is 11.3 Å². The minimum atomic E-state index is -0.192. The van der Waals surface area contributed by atoms with E-state index in [0.29, 0.717) is 10.6 Å². The van der Waals surface area contributed by atoms with Gasteiger partial charge in [-0.1, -0.05) is 12.1 Å². The van der Waals surface area contributed by atoms with Crippen LogP contribution in [0.4, 0.5) is 4.39 Å². The van der Waals surface area contributed by atoms with Gasteiger partial charge in [-0.2, -0.15) is 11.3 Å².